The number of ether oxygens (including phenoxy) is 1. The van der Waals surface area contributed by atoms with Gasteiger partial charge in [-0.1, -0.05) is 42.1 Å². The van der Waals surface area contributed by atoms with Gasteiger partial charge in [-0.15, -0.1) is 0 Å². The summed E-state index contributed by atoms with van der Waals surface area (Å²) in [4.78, 5) is 40.6. The molecule has 3 aromatic rings. The first-order valence-electron chi connectivity index (χ1n) is 7.85. The van der Waals surface area contributed by atoms with Crippen LogP contribution in [0.4, 0.5) is 0 Å². The molecule has 1 aromatic carbocycles. The van der Waals surface area contributed by atoms with Gasteiger partial charge in [0, 0.05) is 21.1 Å². The molecule has 0 aliphatic carbocycles. The van der Waals surface area contributed by atoms with Crippen molar-refractivity contribution in [3.05, 3.63) is 56.7 Å². The van der Waals surface area contributed by atoms with E-state index in [0.29, 0.717) is 16.3 Å². The maximum Gasteiger partial charge on any atom is 0.332 e. The van der Waals surface area contributed by atoms with Crippen LogP contribution in [0.2, 0.25) is 0 Å². The number of benzene rings is 1. The van der Waals surface area contributed by atoms with Crippen LogP contribution >= 0.6 is 11.8 Å². The maximum atomic E-state index is 12.3. The van der Waals surface area contributed by atoms with Crippen LogP contribution in [0.25, 0.3) is 11.2 Å². The van der Waals surface area contributed by atoms with E-state index in [9.17, 15) is 14.4 Å². The molecule has 9 heteroatoms. The van der Waals surface area contributed by atoms with Crippen molar-refractivity contribution in [1.29, 1.82) is 0 Å². The van der Waals surface area contributed by atoms with Crippen molar-refractivity contribution >= 4 is 28.9 Å². The highest BCUT2D eigenvalue weighted by Crippen LogP contribution is 2.20. The van der Waals surface area contributed by atoms with Gasteiger partial charge in [-0.3, -0.25) is 18.7 Å². The highest BCUT2D eigenvalue weighted by Gasteiger charge is 2.18. The van der Waals surface area contributed by atoms with Gasteiger partial charge >= 0.3 is 11.7 Å². The molecule has 0 amide bonds. The van der Waals surface area contributed by atoms with Crippen molar-refractivity contribution in [2.75, 3.05) is 5.75 Å². The summed E-state index contributed by atoms with van der Waals surface area (Å²) in [5.41, 5.74) is 0.651. The maximum absolute atomic E-state index is 12.3. The van der Waals surface area contributed by atoms with Gasteiger partial charge in [0.15, 0.2) is 16.3 Å². The molecule has 0 bridgehead atoms. The second-order valence-electron chi connectivity index (χ2n) is 5.77. The molecule has 0 radical (unpaired) electrons. The van der Waals surface area contributed by atoms with Crippen LogP contribution in [0.3, 0.4) is 0 Å². The summed E-state index contributed by atoms with van der Waals surface area (Å²) >= 11 is 1.16. The van der Waals surface area contributed by atoms with Crippen molar-refractivity contribution in [2.45, 2.75) is 11.8 Å². The van der Waals surface area contributed by atoms with Crippen LogP contribution < -0.4 is 11.2 Å². The van der Waals surface area contributed by atoms with Crippen LogP contribution in [0.5, 0.6) is 0 Å². The molecule has 2 aromatic heterocycles. The number of aromatic nitrogens is 4. The van der Waals surface area contributed by atoms with Crippen molar-refractivity contribution in [1.82, 2.24) is 18.7 Å². The van der Waals surface area contributed by atoms with E-state index in [1.807, 2.05) is 30.3 Å². The lowest BCUT2D eigenvalue weighted by atomic mass is 10.2. The van der Waals surface area contributed by atoms with E-state index in [0.717, 1.165) is 21.9 Å². The highest BCUT2D eigenvalue weighted by atomic mass is 32.2. The molecule has 0 spiro atoms. The van der Waals surface area contributed by atoms with E-state index in [-0.39, 0.29) is 18.3 Å². The second-order valence-corrected chi connectivity index (χ2v) is 6.71. The quantitative estimate of drug-likeness (QED) is 0.485. The molecule has 0 aliphatic heterocycles. The number of aryl methyl sites for hydroxylation is 2. The second kappa shape index (κ2) is 7.20. The number of esters is 1. The van der Waals surface area contributed by atoms with Gasteiger partial charge in [-0.25, -0.2) is 9.78 Å². The molecular formula is C17H18N4O4S. The van der Waals surface area contributed by atoms with Crippen molar-refractivity contribution in [3.8, 4) is 0 Å². The lowest BCUT2D eigenvalue weighted by molar-refractivity contribution is -0.141. The summed E-state index contributed by atoms with van der Waals surface area (Å²) in [6, 6.07) is 9.40. The summed E-state index contributed by atoms with van der Waals surface area (Å²) in [6.45, 7) is 0.206. The summed E-state index contributed by atoms with van der Waals surface area (Å²) in [7, 11) is 4.66. The average molecular weight is 374 g/mol. The molecule has 0 unspecified atom stereocenters. The normalized spacial score (nSPS) is 11.0. The lowest BCUT2D eigenvalue weighted by Crippen LogP contribution is -2.37. The first-order chi connectivity index (χ1) is 12.4. The summed E-state index contributed by atoms with van der Waals surface area (Å²) < 4.78 is 9.17. The minimum absolute atomic E-state index is 0.0538. The molecule has 0 N–H and O–H groups in total. The number of hydrogen-bond acceptors (Lipinski definition) is 6. The zero-order valence-electron chi connectivity index (χ0n) is 14.6. The summed E-state index contributed by atoms with van der Waals surface area (Å²) in [5, 5.41) is 0.468. The van der Waals surface area contributed by atoms with E-state index < -0.39 is 11.2 Å². The van der Waals surface area contributed by atoms with Gasteiger partial charge in [0.2, 0.25) is 0 Å². The zero-order valence-corrected chi connectivity index (χ0v) is 15.4. The van der Waals surface area contributed by atoms with Crippen LogP contribution in [0, 0.1) is 0 Å². The Kier molecular flexibility index (Phi) is 4.99. The predicted molar refractivity (Wildman–Crippen MR) is 98.2 cm³/mol. The molecule has 0 aliphatic rings. The van der Waals surface area contributed by atoms with Gasteiger partial charge < -0.3 is 9.30 Å². The fourth-order valence-electron chi connectivity index (χ4n) is 2.53. The van der Waals surface area contributed by atoms with Gasteiger partial charge in [0.25, 0.3) is 5.56 Å². The molecule has 2 heterocycles. The SMILES string of the molecule is Cn1c(=O)c2c(nc(SCC(=O)OCc3ccccc3)n2C)n(C)c1=O. The van der Waals surface area contributed by atoms with Crippen molar-refractivity contribution < 1.29 is 9.53 Å². The average Bonchev–Trinajstić information content (AvgIpc) is 2.98. The topological polar surface area (TPSA) is 88.1 Å². The summed E-state index contributed by atoms with van der Waals surface area (Å²) in [5.74, 6) is -0.328. The van der Waals surface area contributed by atoms with Crippen molar-refractivity contribution in [3.63, 3.8) is 0 Å². The zero-order chi connectivity index (χ0) is 18.8. The number of nitrogens with zero attached hydrogens (tertiary/aromatic N) is 4. The third kappa shape index (κ3) is 3.30. The van der Waals surface area contributed by atoms with E-state index in [1.54, 1.807) is 18.7 Å². The van der Waals surface area contributed by atoms with Gasteiger partial charge in [0.1, 0.15) is 6.61 Å². The van der Waals surface area contributed by atoms with Crippen LogP contribution in [-0.2, 0) is 37.3 Å². The first kappa shape index (κ1) is 18.0. The predicted octanol–water partition coefficient (Wildman–Crippen LogP) is 0.806. The fourth-order valence-corrected chi connectivity index (χ4v) is 3.30. The Morgan fingerprint density at radius 3 is 2.46 bits per heavy atom. The summed E-state index contributed by atoms with van der Waals surface area (Å²) in [6.07, 6.45) is 0. The largest absolute Gasteiger partial charge is 0.460 e. The Labute approximate surface area is 153 Å². The molecule has 26 heavy (non-hydrogen) atoms. The van der Waals surface area contributed by atoms with Gasteiger partial charge in [-0.05, 0) is 5.56 Å². The third-order valence-corrected chi connectivity index (χ3v) is 5.00. The number of imidazole rings is 1. The van der Waals surface area contributed by atoms with Gasteiger partial charge in [0.05, 0.1) is 5.75 Å². The Morgan fingerprint density at radius 1 is 1.08 bits per heavy atom. The van der Waals surface area contributed by atoms with E-state index in [4.69, 9.17) is 4.74 Å². The number of fused-ring (bicyclic) bond motifs is 1. The lowest BCUT2D eigenvalue weighted by Gasteiger charge is -2.05. The Morgan fingerprint density at radius 2 is 1.77 bits per heavy atom. The number of carbonyl (C=O) groups is 1. The molecule has 136 valence electrons. The minimum atomic E-state index is -0.445. The van der Waals surface area contributed by atoms with Crippen molar-refractivity contribution in [2.24, 2.45) is 21.1 Å². The molecule has 0 saturated carbocycles. The molecule has 8 nitrogen and oxygen atoms in total. The number of hydrogen-bond donors (Lipinski definition) is 0. The van der Waals surface area contributed by atoms with E-state index in [2.05, 4.69) is 4.98 Å². The molecule has 3 rings (SSSR count). The molecule has 0 fully saturated rings. The Bertz CT molecular complexity index is 1080. The molecule has 0 saturated heterocycles. The van der Waals surface area contributed by atoms with Crippen LogP contribution in [0.1, 0.15) is 5.56 Å². The van der Waals surface area contributed by atoms with E-state index >= 15 is 0 Å². The van der Waals surface area contributed by atoms with Gasteiger partial charge in [-0.2, -0.15) is 0 Å². The highest BCUT2D eigenvalue weighted by molar-refractivity contribution is 7.99. The Balaban J connectivity index is 1.75. The number of thioether (sulfide) groups is 1. The molecule has 0 atom stereocenters. The van der Waals surface area contributed by atoms with Crippen LogP contribution in [-0.4, -0.2) is 30.4 Å². The number of rotatable bonds is 5. The monoisotopic (exact) mass is 374 g/mol. The minimum Gasteiger partial charge on any atom is -0.460 e. The third-order valence-electron chi connectivity index (χ3n) is 4.00. The fraction of sp³-hybridized carbons (Fsp3) is 0.294. The number of carbonyl (C=O) groups excluding carboxylic acids is 1. The smallest absolute Gasteiger partial charge is 0.332 e. The van der Waals surface area contributed by atoms with Crippen LogP contribution in [0.15, 0.2) is 45.1 Å². The van der Waals surface area contributed by atoms with E-state index in [1.165, 1.54) is 11.6 Å². The standard InChI is InChI=1S/C17H18N4O4S/c1-19-13-14(20(2)17(24)21(3)15(13)23)18-16(19)26-10-12(22)25-9-11-7-5-4-6-8-11/h4-8H,9-10H2,1-3H3. The molecular weight excluding hydrogens is 356 g/mol. The Hall–Kier alpha value is -2.81. The first-order valence-corrected chi connectivity index (χ1v) is 8.83.